The van der Waals surface area contributed by atoms with Gasteiger partial charge in [-0.3, -0.25) is 9.59 Å². The molecule has 0 aromatic carbocycles. The van der Waals surface area contributed by atoms with E-state index in [1.165, 1.54) is 180 Å². The molecule has 0 saturated heterocycles. The minimum absolute atomic E-state index is 0.0773. The van der Waals surface area contributed by atoms with Crippen LogP contribution in [0.3, 0.4) is 0 Å². The van der Waals surface area contributed by atoms with Crippen molar-refractivity contribution in [3.8, 4) is 0 Å². The van der Waals surface area contributed by atoms with E-state index in [2.05, 4.69) is 69.4 Å². The van der Waals surface area contributed by atoms with Gasteiger partial charge in [0, 0.05) is 19.4 Å². The number of hydrogen-bond acceptors (Lipinski definition) is 5. The third-order valence-corrected chi connectivity index (χ3v) is 12.4. The third-order valence-electron chi connectivity index (χ3n) is 12.4. The molecule has 0 amide bonds. The summed E-state index contributed by atoms with van der Waals surface area (Å²) in [5.41, 5.74) is 0. The van der Waals surface area contributed by atoms with Crippen molar-refractivity contribution in [1.29, 1.82) is 0 Å². The van der Waals surface area contributed by atoms with Gasteiger partial charge in [-0.2, -0.15) is 0 Å². The molecule has 0 N–H and O–H groups in total. The Morgan fingerprint density at radius 3 is 1.12 bits per heavy atom. The molecule has 1 unspecified atom stereocenters. The van der Waals surface area contributed by atoms with E-state index in [9.17, 15) is 9.59 Å². The van der Waals surface area contributed by atoms with Gasteiger partial charge in [-0.25, -0.2) is 0 Å². The number of rotatable bonds is 52. The molecule has 0 aliphatic heterocycles. The molecular formula is C59H108O5. The minimum atomic E-state index is -0.541. The van der Waals surface area contributed by atoms with Gasteiger partial charge in [0.2, 0.25) is 0 Å². The van der Waals surface area contributed by atoms with E-state index < -0.39 is 6.10 Å². The van der Waals surface area contributed by atoms with E-state index >= 15 is 0 Å². The summed E-state index contributed by atoms with van der Waals surface area (Å²) in [7, 11) is 0. The van der Waals surface area contributed by atoms with Gasteiger partial charge in [0.15, 0.2) is 6.10 Å². The van der Waals surface area contributed by atoms with Gasteiger partial charge in [0.25, 0.3) is 0 Å². The average Bonchev–Trinajstić information content (AvgIpc) is 3.30. The Bertz CT molecular complexity index is 1060. The topological polar surface area (TPSA) is 61.8 Å². The highest BCUT2D eigenvalue weighted by molar-refractivity contribution is 5.70. The van der Waals surface area contributed by atoms with Gasteiger partial charge in [-0.05, 0) is 57.8 Å². The lowest BCUT2D eigenvalue weighted by Crippen LogP contribution is -2.30. The zero-order valence-corrected chi connectivity index (χ0v) is 43.1. The molecular weight excluding hydrogens is 789 g/mol. The highest BCUT2D eigenvalue weighted by Crippen LogP contribution is 2.16. The van der Waals surface area contributed by atoms with Gasteiger partial charge in [0.05, 0.1) is 6.61 Å². The summed E-state index contributed by atoms with van der Waals surface area (Å²) >= 11 is 0. The number of esters is 2. The van der Waals surface area contributed by atoms with Crippen LogP contribution in [0, 0.1) is 0 Å². The van der Waals surface area contributed by atoms with Crippen LogP contribution in [0.4, 0.5) is 0 Å². The fraction of sp³-hybridized carbons (Fsp3) is 0.831. The lowest BCUT2D eigenvalue weighted by Gasteiger charge is -2.18. The van der Waals surface area contributed by atoms with Crippen molar-refractivity contribution < 1.29 is 23.8 Å². The Kier molecular flexibility index (Phi) is 53.3. The minimum Gasteiger partial charge on any atom is -0.462 e. The van der Waals surface area contributed by atoms with Crippen molar-refractivity contribution in [3.05, 3.63) is 48.6 Å². The maximum atomic E-state index is 12.8. The second-order valence-electron chi connectivity index (χ2n) is 18.8. The average molecular weight is 898 g/mol. The second-order valence-corrected chi connectivity index (χ2v) is 18.8. The van der Waals surface area contributed by atoms with E-state index in [0.29, 0.717) is 19.4 Å². The molecule has 0 aliphatic carbocycles. The quantitative estimate of drug-likeness (QED) is 0.0346. The third kappa shape index (κ3) is 52.5. The molecule has 0 aromatic rings. The molecule has 0 radical (unpaired) electrons. The summed E-state index contributed by atoms with van der Waals surface area (Å²) in [6.45, 7) is 7.74. The van der Waals surface area contributed by atoms with Crippen molar-refractivity contribution in [1.82, 2.24) is 0 Å². The van der Waals surface area contributed by atoms with Gasteiger partial charge in [-0.15, -0.1) is 0 Å². The number of hydrogen-bond donors (Lipinski definition) is 0. The Labute approximate surface area is 399 Å². The SMILES string of the molecule is CC/C=C\C/C=C\C/C=C\C/C=C\CCCCCCC(=O)OCC(COCCCCCCCCCCCCCCCCCCCCCC)OC(=O)CCCCCCCCCCCCC. The number of carbonyl (C=O) groups is 2. The molecule has 0 aliphatic rings. The Balaban J connectivity index is 4.20. The summed E-state index contributed by atoms with van der Waals surface area (Å²) in [6.07, 6.45) is 68.5. The Morgan fingerprint density at radius 1 is 0.359 bits per heavy atom. The number of ether oxygens (including phenoxy) is 3. The molecule has 1 atom stereocenters. The second kappa shape index (κ2) is 55.2. The molecule has 5 heteroatoms. The van der Waals surface area contributed by atoms with Crippen molar-refractivity contribution in [3.63, 3.8) is 0 Å². The van der Waals surface area contributed by atoms with Gasteiger partial charge < -0.3 is 14.2 Å². The first kappa shape index (κ1) is 61.9. The van der Waals surface area contributed by atoms with E-state index in [1.54, 1.807) is 0 Å². The Morgan fingerprint density at radius 2 is 0.703 bits per heavy atom. The monoisotopic (exact) mass is 897 g/mol. The van der Waals surface area contributed by atoms with Crippen LogP contribution in [0.1, 0.15) is 290 Å². The molecule has 0 heterocycles. The van der Waals surface area contributed by atoms with E-state index in [4.69, 9.17) is 14.2 Å². The van der Waals surface area contributed by atoms with Crippen LogP contribution in [-0.2, 0) is 23.8 Å². The fourth-order valence-electron chi connectivity index (χ4n) is 8.21. The molecule has 0 rings (SSSR count). The summed E-state index contributed by atoms with van der Waals surface area (Å²) < 4.78 is 17.4. The lowest BCUT2D eigenvalue weighted by atomic mass is 10.0. The molecule has 64 heavy (non-hydrogen) atoms. The van der Waals surface area contributed by atoms with Crippen LogP contribution >= 0.6 is 0 Å². The predicted octanol–water partition coefficient (Wildman–Crippen LogP) is 19.1. The highest BCUT2D eigenvalue weighted by atomic mass is 16.6. The van der Waals surface area contributed by atoms with Crippen LogP contribution in [0.5, 0.6) is 0 Å². The lowest BCUT2D eigenvalue weighted by molar-refractivity contribution is -0.163. The summed E-state index contributed by atoms with van der Waals surface area (Å²) in [6, 6.07) is 0. The maximum Gasteiger partial charge on any atom is 0.306 e. The summed E-state index contributed by atoms with van der Waals surface area (Å²) in [5.74, 6) is -0.410. The fourth-order valence-corrected chi connectivity index (χ4v) is 8.21. The largest absolute Gasteiger partial charge is 0.462 e. The van der Waals surface area contributed by atoms with Crippen molar-refractivity contribution in [2.24, 2.45) is 0 Å². The van der Waals surface area contributed by atoms with Crippen LogP contribution in [0.25, 0.3) is 0 Å². The van der Waals surface area contributed by atoms with E-state index in [-0.39, 0.29) is 25.2 Å². The molecule has 0 saturated carbocycles. The normalized spacial score (nSPS) is 12.5. The van der Waals surface area contributed by atoms with Crippen LogP contribution in [0.15, 0.2) is 48.6 Å². The first-order chi connectivity index (χ1) is 31.6. The van der Waals surface area contributed by atoms with Gasteiger partial charge >= 0.3 is 11.9 Å². The van der Waals surface area contributed by atoms with Crippen molar-refractivity contribution >= 4 is 11.9 Å². The molecule has 0 spiro atoms. The van der Waals surface area contributed by atoms with Gasteiger partial charge in [-0.1, -0.05) is 268 Å². The zero-order valence-electron chi connectivity index (χ0n) is 43.1. The molecule has 0 bridgehead atoms. The predicted molar refractivity (Wildman–Crippen MR) is 279 cm³/mol. The molecule has 0 fully saturated rings. The Hall–Kier alpha value is -2.14. The smallest absolute Gasteiger partial charge is 0.306 e. The standard InChI is InChI=1S/C59H108O5/c1-4-7-10-13-16-19-22-24-26-28-29-30-32-34-36-39-42-45-48-51-54-62-55-57(64-59(61)53-50-47-44-41-37-21-18-15-12-9-6-3)56-63-58(60)52-49-46-43-40-38-35-33-31-27-25-23-20-17-14-11-8-5-2/h8,11,17,20,25,27,33,35,57H,4-7,9-10,12-16,18-19,21-24,26,28-32,34,36-56H2,1-3H3/b11-8-,20-17-,27-25-,35-33-. The summed E-state index contributed by atoms with van der Waals surface area (Å²) in [4.78, 5) is 25.4. The molecule has 374 valence electrons. The van der Waals surface area contributed by atoms with Crippen molar-refractivity contribution in [2.45, 2.75) is 297 Å². The highest BCUT2D eigenvalue weighted by Gasteiger charge is 2.17. The first-order valence-corrected chi connectivity index (χ1v) is 28.2. The number of unbranched alkanes of at least 4 members (excludes halogenated alkanes) is 33. The van der Waals surface area contributed by atoms with Gasteiger partial charge in [0.1, 0.15) is 6.61 Å². The van der Waals surface area contributed by atoms with E-state index in [0.717, 1.165) is 77.0 Å². The van der Waals surface area contributed by atoms with Crippen molar-refractivity contribution in [2.75, 3.05) is 19.8 Å². The van der Waals surface area contributed by atoms with Crippen LogP contribution < -0.4 is 0 Å². The first-order valence-electron chi connectivity index (χ1n) is 28.2. The number of allylic oxidation sites excluding steroid dienone is 8. The summed E-state index contributed by atoms with van der Waals surface area (Å²) in [5, 5.41) is 0. The molecule has 0 aromatic heterocycles. The van der Waals surface area contributed by atoms with E-state index in [1.807, 2.05) is 0 Å². The zero-order chi connectivity index (χ0) is 46.3. The van der Waals surface area contributed by atoms with Crippen LogP contribution in [0.2, 0.25) is 0 Å². The molecule has 5 nitrogen and oxygen atoms in total. The number of carbonyl (C=O) groups excluding carboxylic acids is 2. The maximum absolute atomic E-state index is 12.8. The van der Waals surface area contributed by atoms with Crippen LogP contribution in [-0.4, -0.2) is 37.9 Å².